The number of nitrogens with zero attached hydrogens (tertiary/aromatic N) is 2. The van der Waals surface area contributed by atoms with Gasteiger partial charge in [-0.25, -0.2) is 4.98 Å². The Bertz CT molecular complexity index is 752. The molecule has 96 valence electrons. The van der Waals surface area contributed by atoms with Crippen LogP contribution in [0, 0.1) is 0 Å². The van der Waals surface area contributed by atoms with E-state index in [4.69, 9.17) is 10.5 Å². The number of nitrogens with two attached hydrogens (primary N) is 1. The number of imidazole rings is 1. The number of hydrogen-bond donors (Lipinski definition) is 1. The van der Waals surface area contributed by atoms with Gasteiger partial charge >= 0.3 is 0 Å². The van der Waals surface area contributed by atoms with Crippen LogP contribution in [0.25, 0.3) is 16.7 Å². The molecule has 0 aliphatic carbocycles. The summed E-state index contributed by atoms with van der Waals surface area (Å²) in [5, 5.41) is 0. The highest BCUT2D eigenvalue weighted by Gasteiger charge is 2.09. The third-order valence-electron chi connectivity index (χ3n) is 2.98. The van der Waals surface area contributed by atoms with Crippen LogP contribution in [-0.2, 0) is 0 Å². The van der Waals surface area contributed by atoms with Crippen LogP contribution >= 0.6 is 15.9 Å². The van der Waals surface area contributed by atoms with Gasteiger partial charge in [-0.3, -0.25) is 4.57 Å². The first-order chi connectivity index (χ1) is 9.19. The lowest BCUT2D eigenvalue weighted by Gasteiger charge is -2.09. The zero-order valence-electron chi connectivity index (χ0n) is 10.3. The fraction of sp³-hybridized carbons (Fsp3) is 0.0714. The first kappa shape index (κ1) is 12.0. The van der Waals surface area contributed by atoms with E-state index in [0.29, 0.717) is 5.69 Å². The summed E-state index contributed by atoms with van der Waals surface area (Å²) >= 11 is 3.55. The molecule has 3 rings (SSSR count). The SMILES string of the molecule is COc1ccc(Br)c(-n2cnc3cc(N)ccc32)c1. The van der Waals surface area contributed by atoms with Gasteiger partial charge in [-0.2, -0.15) is 0 Å². The van der Waals surface area contributed by atoms with Gasteiger partial charge in [-0.05, 0) is 46.3 Å². The normalized spacial score (nSPS) is 10.8. The molecule has 0 saturated carbocycles. The Balaban J connectivity index is 2.24. The highest BCUT2D eigenvalue weighted by atomic mass is 79.9. The molecule has 0 unspecified atom stereocenters. The maximum atomic E-state index is 5.77. The Kier molecular flexibility index (Phi) is 2.91. The summed E-state index contributed by atoms with van der Waals surface area (Å²) in [6, 6.07) is 11.5. The Hall–Kier alpha value is -2.01. The van der Waals surface area contributed by atoms with E-state index in [1.807, 2.05) is 41.0 Å². The molecule has 5 heteroatoms. The summed E-state index contributed by atoms with van der Waals surface area (Å²) in [6.45, 7) is 0. The predicted octanol–water partition coefficient (Wildman–Crippen LogP) is 3.38. The van der Waals surface area contributed by atoms with Gasteiger partial charge in [0.05, 0.1) is 23.8 Å². The highest BCUT2D eigenvalue weighted by molar-refractivity contribution is 9.10. The molecule has 19 heavy (non-hydrogen) atoms. The number of ether oxygens (including phenoxy) is 1. The van der Waals surface area contributed by atoms with Crippen LogP contribution in [0.1, 0.15) is 0 Å². The van der Waals surface area contributed by atoms with Crippen molar-refractivity contribution in [2.24, 2.45) is 0 Å². The summed E-state index contributed by atoms with van der Waals surface area (Å²) in [7, 11) is 1.65. The lowest BCUT2D eigenvalue weighted by molar-refractivity contribution is 0.414. The highest BCUT2D eigenvalue weighted by Crippen LogP contribution is 2.29. The zero-order chi connectivity index (χ0) is 13.4. The number of benzene rings is 2. The van der Waals surface area contributed by atoms with Crippen LogP contribution in [0.3, 0.4) is 0 Å². The van der Waals surface area contributed by atoms with Gasteiger partial charge in [0.15, 0.2) is 0 Å². The van der Waals surface area contributed by atoms with Crippen molar-refractivity contribution in [1.82, 2.24) is 9.55 Å². The Labute approximate surface area is 118 Å². The topological polar surface area (TPSA) is 53.1 Å². The summed E-state index contributed by atoms with van der Waals surface area (Å²) in [5.41, 5.74) is 9.33. The van der Waals surface area contributed by atoms with E-state index in [1.54, 1.807) is 13.4 Å². The molecular formula is C14H12BrN3O. The van der Waals surface area contributed by atoms with E-state index in [-0.39, 0.29) is 0 Å². The Morgan fingerprint density at radius 2 is 2.05 bits per heavy atom. The van der Waals surface area contributed by atoms with E-state index in [1.165, 1.54) is 0 Å². The van der Waals surface area contributed by atoms with Crippen molar-refractivity contribution in [3.8, 4) is 11.4 Å². The van der Waals surface area contributed by atoms with Gasteiger partial charge in [0.1, 0.15) is 12.1 Å². The quantitative estimate of drug-likeness (QED) is 0.737. The van der Waals surface area contributed by atoms with E-state index >= 15 is 0 Å². The molecule has 4 nitrogen and oxygen atoms in total. The molecule has 1 aromatic heterocycles. The van der Waals surface area contributed by atoms with Crippen LogP contribution in [0.4, 0.5) is 5.69 Å². The smallest absolute Gasteiger partial charge is 0.121 e. The van der Waals surface area contributed by atoms with Gasteiger partial charge in [0.25, 0.3) is 0 Å². The van der Waals surface area contributed by atoms with Crippen molar-refractivity contribution >= 4 is 32.7 Å². The average Bonchev–Trinajstić information content (AvgIpc) is 2.82. The number of fused-ring (bicyclic) bond motifs is 1. The van der Waals surface area contributed by atoms with Crippen molar-refractivity contribution in [2.45, 2.75) is 0 Å². The lowest BCUT2D eigenvalue weighted by atomic mass is 10.2. The van der Waals surface area contributed by atoms with E-state index in [2.05, 4.69) is 20.9 Å². The van der Waals surface area contributed by atoms with Crippen molar-refractivity contribution in [3.05, 3.63) is 47.2 Å². The van der Waals surface area contributed by atoms with E-state index in [0.717, 1.165) is 26.9 Å². The van der Waals surface area contributed by atoms with Crippen molar-refractivity contribution < 1.29 is 4.74 Å². The van der Waals surface area contributed by atoms with Crippen molar-refractivity contribution in [2.75, 3.05) is 12.8 Å². The summed E-state index contributed by atoms with van der Waals surface area (Å²) in [5.74, 6) is 0.801. The largest absolute Gasteiger partial charge is 0.497 e. The Morgan fingerprint density at radius 3 is 2.84 bits per heavy atom. The number of nitrogen functional groups attached to an aromatic ring is 1. The van der Waals surface area contributed by atoms with Crippen LogP contribution in [0.5, 0.6) is 5.75 Å². The molecule has 2 aromatic carbocycles. The second kappa shape index (κ2) is 4.59. The second-order valence-electron chi connectivity index (χ2n) is 4.18. The summed E-state index contributed by atoms with van der Waals surface area (Å²) in [4.78, 5) is 4.37. The van der Waals surface area contributed by atoms with Gasteiger partial charge in [-0.15, -0.1) is 0 Å². The third-order valence-corrected chi connectivity index (χ3v) is 3.65. The molecule has 0 spiro atoms. The molecule has 1 heterocycles. The molecule has 0 radical (unpaired) electrons. The van der Waals surface area contributed by atoms with Crippen molar-refractivity contribution in [3.63, 3.8) is 0 Å². The second-order valence-corrected chi connectivity index (χ2v) is 5.03. The minimum atomic E-state index is 0.711. The average molecular weight is 318 g/mol. The molecule has 0 aliphatic heterocycles. The predicted molar refractivity (Wildman–Crippen MR) is 79.7 cm³/mol. The maximum Gasteiger partial charge on any atom is 0.121 e. The van der Waals surface area contributed by atoms with Crippen LogP contribution in [0.15, 0.2) is 47.2 Å². The summed E-state index contributed by atoms with van der Waals surface area (Å²) < 4.78 is 8.24. The molecule has 0 amide bonds. The molecule has 0 fully saturated rings. The number of hydrogen-bond acceptors (Lipinski definition) is 3. The molecular weight excluding hydrogens is 306 g/mol. The zero-order valence-corrected chi connectivity index (χ0v) is 11.9. The maximum absolute atomic E-state index is 5.77. The standard InChI is InChI=1S/C14H12BrN3O/c1-19-10-3-4-11(15)14(7-10)18-8-17-12-6-9(16)2-5-13(12)18/h2-8H,16H2,1H3. The lowest BCUT2D eigenvalue weighted by Crippen LogP contribution is -1.95. The van der Waals surface area contributed by atoms with E-state index < -0.39 is 0 Å². The van der Waals surface area contributed by atoms with Crippen LogP contribution < -0.4 is 10.5 Å². The third kappa shape index (κ3) is 2.06. The summed E-state index contributed by atoms with van der Waals surface area (Å²) in [6.07, 6.45) is 1.78. The van der Waals surface area contributed by atoms with Gasteiger partial charge < -0.3 is 10.5 Å². The van der Waals surface area contributed by atoms with Crippen LogP contribution in [-0.4, -0.2) is 16.7 Å². The first-order valence-electron chi connectivity index (χ1n) is 5.75. The minimum absolute atomic E-state index is 0.711. The van der Waals surface area contributed by atoms with Gasteiger partial charge in [0.2, 0.25) is 0 Å². The molecule has 0 aliphatic rings. The number of anilines is 1. The molecule has 3 aromatic rings. The number of halogens is 1. The fourth-order valence-electron chi connectivity index (χ4n) is 2.03. The molecule has 2 N–H and O–H groups in total. The number of rotatable bonds is 2. The number of methoxy groups -OCH3 is 1. The fourth-order valence-corrected chi connectivity index (χ4v) is 2.46. The van der Waals surface area contributed by atoms with Crippen molar-refractivity contribution in [1.29, 1.82) is 0 Å². The molecule has 0 atom stereocenters. The van der Waals surface area contributed by atoms with Gasteiger partial charge in [-0.1, -0.05) is 0 Å². The number of aromatic nitrogens is 2. The van der Waals surface area contributed by atoms with E-state index in [9.17, 15) is 0 Å². The Morgan fingerprint density at radius 1 is 1.21 bits per heavy atom. The molecule has 0 bridgehead atoms. The molecule has 0 saturated heterocycles. The first-order valence-corrected chi connectivity index (χ1v) is 6.55. The monoisotopic (exact) mass is 317 g/mol. The minimum Gasteiger partial charge on any atom is -0.497 e. The van der Waals surface area contributed by atoms with Crippen LogP contribution in [0.2, 0.25) is 0 Å². The van der Waals surface area contributed by atoms with Gasteiger partial charge in [0, 0.05) is 16.2 Å².